The third-order valence-corrected chi connectivity index (χ3v) is 4.74. The smallest absolute Gasteiger partial charge is 0.344 e. The van der Waals surface area contributed by atoms with Gasteiger partial charge in [0.1, 0.15) is 18.0 Å². The van der Waals surface area contributed by atoms with Gasteiger partial charge in [-0.15, -0.1) is 0 Å². The molecule has 27 heavy (non-hydrogen) atoms. The van der Waals surface area contributed by atoms with Gasteiger partial charge in [-0.05, 0) is 61.6 Å². The number of rotatable bonds is 5. The highest BCUT2D eigenvalue weighted by Gasteiger charge is 2.13. The number of aromatic nitrogens is 2. The molecule has 0 saturated heterocycles. The van der Waals surface area contributed by atoms with Crippen LogP contribution in [0, 0.1) is 6.92 Å². The van der Waals surface area contributed by atoms with Crippen LogP contribution in [-0.2, 0) is 29.0 Å². The Kier molecular flexibility index (Phi) is 4.62. The number of aryl methyl sites for hydroxylation is 3. The standard InChI is InChI=1S/C21H20N2O4/c1-14-4-2-7-19-22-17(11-20(24)23(14)19)12-27-21(25)13-26-18-9-8-15-5-3-6-16(15)10-18/h2,4,7-11H,3,5-6,12-13H2,1H3. The number of carbonyl (C=O) groups excluding carboxylic acids is 1. The predicted molar refractivity (Wildman–Crippen MR) is 100.0 cm³/mol. The monoisotopic (exact) mass is 364 g/mol. The van der Waals surface area contributed by atoms with Crippen molar-refractivity contribution in [3.05, 3.63) is 75.3 Å². The molecule has 0 N–H and O–H groups in total. The Balaban J connectivity index is 1.37. The van der Waals surface area contributed by atoms with Crippen LogP contribution in [0.2, 0.25) is 0 Å². The molecule has 0 spiro atoms. The Morgan fingerprint density at radius 2 is 2.00 bits per heavy atom. The van der Waals surface area contributed by atoms with Crippen LogP contribution in [0.5, 0.6) is 5.75 Å². The van der Waals surface area contributed by atoms with E-state index in [4.69, 9.17) is 9.47 Å². The summed E-state index contributed by atoms with van der Waals surface area (Å²) in [6.07, 6.45) is 3.33. The van der Waals surface area contributed by atoms with Gasteiger partial charge in [0.05, 0.1) is 5.69 Å². The lowest BCUT2D eigenvalue weighted by molar-refractivity contribution is -0.147. The van der Waals surface area contributed by atoms with Gasteiger partial charge < -0.3 is 9.47 Å². The van der Waals surface area contributed by atoms with Crippen molar-refractivity contribution in [1.29, 1.82) is 0 Å². The fourth-order valence-corrected chi connectivity index (χ4v) is 3.41. The fraction of sp³-hybridized carbons (Fsp3) is 0.286. The predicted octanol–water partition coefficient (Wildman–Crippen LogP) is 2.61. The molecule has 0 radical (unpaired) electrons. The van der Waals surface area contributed by atoms with E-state index in [1.807, 2.05) is 31.2 Å². The molecule has 6 nitrogen and oxygen atoms in total. The van der Waals surface area contributed by atoms with Crippen molar-refractivity contribution < 1.29 is 14.3 Å². The van der Waals surface area contributed by atoms with E-state index in [9.17, 15) is 9.59 Å². The number of hydrogen-bond acceptors (Lipinski definition) is 5. The van der Waals surface area contributed by atoms with Crippen molar-refractivity contribution in [1.82, 2.24) is 9.38 Å². The van der Waals surface area contributed by atoms with E-state index in [1.54, 1.807) is 6.07 Å². The second-order valence-corrected chi connectivity index (χ2v) is 6.68. The summed E-state index contributed by atoms with van der Waals surface area (Å²) in [6.45, 7) is 1.60. The summed E-state index contributed by atoms with van der Waals surface area (Å²) in [5.74, 6) is 0.173. The van der Waals surface area contributed by atoms with E-state index in [0.717, 1.165) is 18.5 Å². The summed E-state index contributed by atoms with van der Waals surface area (Å²) >= 11 is 0. The first kappa shape index (κ1) is 17.3. The van der Waals surface area contributed by atoms with Crippen LogP contribution in [0.4, 0.5) is 0 Å². The lowest BCUT2D eigenvalue weighted by Gasteiger charge is -2.09. The fourth-order valence-electron chi connectivity index (χ4n) is 3.41. The molecule has 0 aliphatic heterocycles. The summed E-state index contributed by atoms with van der Waals surface area (Å²) in [5.41, 5.74) is 4.19. The number of hydrogen-bond donors (Lipinski definition) is 0. The van der Waals surface area contributed by atoms with E-state index in [1.165, 1.54) is 28.0 Å². The van der Waals surface area contributed by atoms with Crippen molar-refractivity contribution in [2.24, 2.45) is 0 Å². The lowest BCUT2D eigenvalue weighted by atomic mass is 10.1. The highest BCUT2D eigenvalue weighted by Crippen LogP contribution is 2.25. The van der Waals surface area contributed by atoms with E-state index >= 15 is 0 Å². The van der Waals surface area contributed by atoms with Crippen molar-refractivity contribution >= 4 is 11.6 Å². The van der Waals surface area contributed by atoms with Gasteiger partial charge in [0.2, 0.25) is 0 Å². The minimum Gasteiger partial charge on any atom is -0.482 e. The van der Waals surface area contributed by atoms with Crippen molar-refractivity contribution in [2.45, 2.75) is 32.8 Å². The van der Waals surface area contributed by atoms with Crippen LogP contribution >= 0.6 is 0 Å². The van der Waals surface area contributed by atoms with Crippen molar-refractivity contribution in [2.75, 3.05) is 6.61 Å². The zero-order valence-electron chi connectivity index (χ0n) is 15.1. The van der Waals surface area contributed by atoms with Gasteiger partial charge in [-0.3, -0.25) is 9.20 Å². The number of esters is 1. The minimum atomic E-state index is -0.498. The molecular formula is C21H20N2O4. The third-order valence-electron chi connectivity index (χ3n) is 4.74. The molecule has 1 aromatic carbocycles. The number of pyridine rings is 1. The average molecular weight is 364 g/mol. The molecule has 2 aromatic heterocycles. The molecule has 2 heterocycles. The van der Waals surface area contributed by atoms with Gasteiger partial charge in [-0.1, -0.05) is 12.1 Å². The molecule has 0 bridgehead atoms. The Hall–Kier alpha value is -3.15. The number of benzene rings is 1. The number of nitrogens with zero attached hydrogens (tertiary/aromatic N) is 2. The van der Waals surface area contributed by atoms with Crippen LogP contribution < -0.4 is 10.3 Å². The Bertz CT molecular complexity index is 1070. The average Bonchev–Trinajstić information content (AvgIpc) is 3.12. The quantitative estimate of drug-likeness (QED) is 0.651. The number of fused-ring (bicyclic) bond motifs is 2. The molecule has 3 aromatic rings. The van der Waals surface area contributed by atoms with Crippen molar-refractivity contribution in [3.8, 4) is 5.75 Å². The Labute approximate surface area is 156 Å². The first-order valence-electron chi connectivity index (χ1n) is 8.99. The zero-order valence-corrected chi connectivity index (χ0v) is 15.1. The molecule has 0 unspecified atom stereocenters. The third kappa shape index (κ3) is 3.69. The van der Waals surface area contributed by atoms with E-state index in [-0.39, 0.29) is 18.8 Å². The minimum absolute atomic E-state index is 0.0634. The van der Waals surface area contributed by atoms with E-state index in [0.29, 0.717) is 17.1 Å². The van der Waals surface area contributed by atoms with Crippen LogP contribution in [0.15, 0.2) is 47.3 Å². The number of carbonyl (C=O) groups is 1. The Morgan fingerprint density at radius 3 is 2.89 bits per heavy atom. The largest absolute Gasteiger partial charge is 0.482 e. The molecule has 0 saturated carbocycles. The molecule has 0 atom stereocenters. The van der Waals surface area contributed by atoms with Crippen LogP contribution in [0.25, 0.3) is 5.65 Å². The summed E-state index contributed by atoms with van der Waals surface area (Å²) < 4.78 is 12.2. The summed E-state index contributed by atoms with van der Waals surface area (Å²) in [7, 11) is 0. The van der Waals surface area contributed by atoms with Gasteiger partial charge >= 0.3 is 5.97 Å². The normalized spacial score (nSPS) is 12.8. The van der Waals surface area contributed by atoms with Crippen LogP contribution in [-0.4, -0.2) is 22.0 Å². The Morgan fingerprint density at radius 1 is 1.15 bits per heavy atom. The highest BCUT2D eigenvalue weighted by atomic mass is 16.6. The van der Waals surface area contributed by atoms with Crippen molar-refractivity contribution in [3.63, 3.8) is 0 Å². The maximum absolute atomic E-state index is 12.2. The second-order valence-electron chi connectivity index (χ2n) is 6.68. The summed E-state index contributed by atoms with van der Waals surface area (Å²) in [5, 5.41) is 0. The van der Waals surface area contributed by atoms with Crippen LogP contribution in [0.1, 0.15) is 28.9 Å². The van der Waals surface area contributed by atoms with Gasteiger partial charge in [0, 0.05) is 11.8 Å². The molecule has 0 amide bonds. The SMILES string of the molecule is Cc1cccc2nc(COC(=O)COc3ccc4c(c3)CCC4)cc(=O)n12. The molecular weight excluding hydrogens is 344 g/mol. The highest BCUT2D eigenvalue weighted by molar-refractivity contribution is 5.71. The lowest BCUT2D eigenvalue weighted by Crippen LogP contribution is -2.19. The van der Waals surface area contributed by atoms with Gasteiger partial charge in [-0.25, -0.2) is 9.78 Å². The van der Waals surface area contributed by atoms with Gasteiger partial charge in [0.15, 0.2) is 6.61 Å². The second kappa shape index (κ2) is 7.23. The molecule has 6 heteroatoms. The topological polar surface area (TPSA) is 69.9 Å². The maximum atomic E-state index is 12.2. The van der Waals surface area contributed by atoms with Gasteiger partial charge in [0.25, 0.3) is 5.56 Å². The molecule has 1 aliphatic rings. The molecule has 4 rings (SSSR count). The molecule has 0 fully saturated rings. The molecule has 1 aliphatic carbocycles. The van der Waals surface area contributed by atoms with E-state index in [2.05, 4.69) is 11.1 Å². The summed E-state index contributed by atoms with van der Waals surface area (Å²) in [6, 6.07) is 12.7. The summed E-state index contributed by atoms with van der Waals surface area (Å²) in [4.78, 5) is 28.6. The first-order valence-corrected chi connectivity index (χ1v) is 8.99. The van der Waals surface area contributed by atoms with E-state index < -0.39 is 5.97 Å². The van der Waals surface area contributed by atoms with Gasteiger partial charge in [-0.2, -0.15) is 0 Å². The zero-order chi connectivity index (χ0) is 18.8. The number of ether oxygens (including phenoxy) is 2. The maximum Gasteiger partial charge on any atom is 0.344 e. The van der Waals surface area contributed by atoms with Crippen LogP contribution in [0.3, 0.4) is 0 Å². The first-order chi connectivity index (χ1) is 13.1. The molecule has 138 valence electrons.